The van der Waals surface area contributed by atoms with Crippen LogP contribution in [-0.4, -0.2) is 44.5 Å². The number of fused-ring (bicyclic) bond motifs is 2. The van der Waals surface area contributed by atoms with E-state index in [0.29, 0.717) is 0 Å². The molecule has 23 heavy (non-hydrogen) atoms. The summed E-state index contributed by atoms with van der Waals surface area (Å²) in [6.45, 7) is 4.39. The SMILES string of the molecule is C[NH+]1CCN(/N=C\c2c3ccccc3cc3ccccc23)CC1. The summed E-state index contributed by atoms with van der Waals surface area (Å²) < 4.78 is 0. The molecule has 0 bridgehead atoms. The molecule has 1 heterocycles. The molecule has 0 aromatic heterocycles. The molecule has 0 amide bonds. The number of rotatable bonds is 2. The maximum Gasteiger partial charge on any atom is 0.0964 e. The minimum Gasteiger partial charge on any atom is -0.334 e. The molecular weight excluding hydrogens is 282 g/mol. The predicted molar refractivity (Wildman–Crippen MR) is 97.2 cm³/mol. The van der Waals surface area contributed by atoms with Crippen LogP contribution < -0.4 is 4.90 Å². The van der Waals surface area contributed by atoms with Crippen molar-refractivity contribution in [3.8, 4) is 0 Å². The molecule has 3 aromatic carbocycles. The van der Waals surface area contributed by atoms with E-state index >= 15 is 0 Å². The third kappa shape index (κ3) is 2.80. The van der Waals surface area contributed by atoms with Gasteiger partial charge in [-0.05, 0) is 27.6 Å². The number of hydrogen-bond acceptors (Lipinski definition) is 2. The van der Waals surface area contributed by atoms with E-state index in [9.17, 15) is 0 Å². The van der Waals surface area contributed by atoms with Crippen molar-refractivity contribution in [2.45, 2.75) is 0 Å². The van der Waals surface area contributed by atoms with E-state index in [-0.39, 0.29) is 0 Å². The zero-order chi connectivity index (χ0) is 15.6. The van der Waals surface area contributed by atoms with Crippen molar-refractivity contribution in [1.82, 2.24) is 5.01 Å². The Hall–Kier alpha value is -2.39. The van der Waals surface area contributed by atoms with Crippen molar-refractivity contribution >= 4 is 27.8 Å². The molecule has 3 heteroatoms. The van der Waals surface area contributed by atoms with Crippen molar-refractivity contribution in [3.63, 3.8) is 0 Å². The summed E-state index contributed by atoms with van der Waals surface area (Å²) in [4.78, 5) is 1.59. The van der Waals surface area contributed by atoms with Gasteiger partial charge in [-0.3, -0.25) is 5.01 Å². The molecule has 0 spiro atoms. The zero-order valence-electron chi connectivity index (χ0n) is 13.5. The second-order valence-corrected chi connectivity index (χ2v) is 6.39. The number of quaternary nitrogens is 1. The third-order valence-corrected chi connectivity index (χ3v) is 4.76. The first kappa shape index (κ1) is 14.2. The van der Waals surface area contributed by atoms with Gasteiger partial charge in [-0.25, -0.2) is 0 Å². The Bertz CT molecular complexity index is 807. The molecule has 0 atom stereocenters. The number of likely N-dealkylation sites (N-methyl/N-ethyl adjacent to an activating group) is 1. The van der Waals surface area contributed by atoms with Gasteiger partial charge in [0, 0.05) is 5.56 Å². The molecule has 3 nitrogen and oxygen atoms in total. The van der Waals surface area contributed by atoms with E-state index in [4.69, 9.17) is 5.10 Å². The van der Waals surface area contributed by atoms with Gasteiger partial charge in [-0.15, -0.1) is 0 Å². The Morgan fingerprint density at radius 3 is 2.09 bits per heavy atom. The van der Waals surface area contributed by atoms with Gasteiger partial charge in [0.1, 0.15) is 0 Å². The smallest absolute Gasteiger partial charge is 0.0964 e. The van der Waals surface area contributed by atoms with Crippen LogP contribution in [0.5, 0.6) is 0 Å². The third-order valence-electron chi connectivity index (χ3n) is 4.76. The highest BCUT2D eigenvalue weighted by Gasteiger charge is 2.14. The van der Waals surface area contributed by atoms with Gasteiger partial charge in [0.2, 0.25) is 0 Å². The first-order valence-electron chi connectivity index (χ1n) is 8.32. The molecule has 116 valence electrons. The summed E-state index contributed by atoms with van der Waals surface area (Å²) in [7, 11) is 2.25. The Morgan fingerprint density at radius 1 is 0.913 bits per heavy atom. The number of nitrogens with one attached hydrogen (secondary N) is 1. The Kier molecular flexibility index (Phi) is 3.72. The number of hydrazone groups is 1. The Balaban J connectivity index is 1.80. The standard InChI is InChI=1S/C20H21N3/c1-22-10-12-23(13-11-22)21-15-20-18-8-4-2-6-16(18)14-17-7-3-5-9-19(17)20/h2-9,14-15H,10-13H2,1H3/p+1/b21-15-. The van der Waals surface area contributed by atoms with E-state index in [2.05, 4.69) is 72.9 Å². The second kappa shape index (κ2) is 6.01. The van der Waals surface area contributed by atoms with Gasteiger partial charge in [0.25, 0.3) is 0 Å². The van der Waals surface area contributed by atoms with Crippen LogP contribution >= 0.6 is 0 Å². The van der Waals surface area contributed by atoms with Crippen molar-refractivity contribution in [3.05, 3.63) is 60.2 Å². The fourth-order valence-electron chi connectivity index (χ4n) is 3.32. The van der Waals surface area contributed by atoms with Crippen LogP contribution in [0.1, 0.15) is 5.56 Å². The van der Waals surface area contributed by atoms with Gasteiger partial charge in [0.15, 0.2) is 0 Å². The largest absolute Gasteiger partial charge is 0.334 e. The van der Waals surface area contributed by atoms with Gasteiger partial charge in [-0.2, -0.15) is 5.10 Å². The van der Waals surface area contributed by atoms with Crippen LogP contribution in [0.2, 0.25) is 0 Å². The molecule has 1 aliphatic heterocycles. The van der Waals surface area contributed by atoms with Crippen LogP contribution in [0.4, 0.5) is 0 Å². The summed E-state index contributed by atoms with van der Waals surface area (Å²) >= 11 is 0. The quantitative estimate of drug-likeness (QED) is 0.568. The fraction of sp³-hybridized carbons (Fsp3) is 0.250. The summed E-state index contributed by atoms with van der Waals surface area (Å²) in [5.74, 6) is 0. The van der Waals surface area contributed by atoms with E-state index < -0.39 is 0 Å². The van der Waals surface area contributed by atoms with Gasteiger partial charge in [0.05, 0.1) is 39.4 Å². The highest BCUT2D eigenvalue weighted by molar-refractivity contribution is 6.13. The van der Waals surface area contributed by atoms with Crippen LogP contribution in [0.3, 0.4) is 0 Å². The fourth-order valence-corrected chi connectivity index (χ4v) is 3.32. The van der Waals surface area contributed by atoms with Crippen LogP contribution in [0.25, 0.3) is 21.5 Å². The normalized spacial score (nSPS) is 16.7. The van der Waals surface area contributed by atoms with Gasteiger partial charge < -0.3 is 4.90 Å². The number of benzene rings is 3. The molecule has 1 N–H and O–H groups in total. The van der Waals surface area contributed by atoms with Crippen LogP contribution in [-0.2, 0) is 0 Å². The Morgan fingerprint density at radius 2 is 1.48 bits per heavy atom. The highest BCUT2D eigenvalue weighted by Crippen LogP contribution is 2.27. The summed E-state index contributed by atoms with van der Waals surface area (Å²) in [6.07, 6.45) is 2.06. The number of nitrogens with zero attached hydrogens (tertiary/aromatic N) is 2. The molecule has 0 saturated carbocycles. The monoisotopic (exact) mass is 304 g/mol. The van der Waals surface area contributed by atoms with E-state index in [1.165, 1.54) is 27.1 Å². The van der Waals surface area contributed by atoms with Crippen molar-refractivity contribution in [2.24, 2.45) is 5.10 Å². The van der Waals surface area contributed by atoms with E-state index in [1.54, 1.807) is 4.90 Å². The molecule has 0 radical (unpaired) electrons. The molecular formula is C20H22N3+. The van der Waals surface area contributed by atoms with E-state index in [0.717, 1.165) is 26.2 Å². The first-order valence-corrected chi connectivity index (χ1v) is 8.32. The van der Waals surface area contributed by atoms with Crippen LogP contribution in [0.15, 0.2) is 59.7 Å². The van der Waals surface area contributed by atoms with Crippen LogP contribution in [0, 0.1) is 0 Å². The van der Waals surface area contributed by atoms with Gasteiger partial charge in [-0.1, -0.05) is 48.5 Å². The lowest BCUT2D eigenvalue weighted by atomic mass is 9.97. The maximum absolute atomic E-state index is 4.78. The minimum absolute atomic E-state index is 1.03. The molecule has 0 aliphatic carbocycles. The highest BCUT2D eigenvalue weighted by atomic mass is 15.5. The molecule has 3 aromatic rings. The number of hydrogen-bond donors (Lipinski definition) is 1. The molecule has 1 saturated heterocycles. The van der Waals surface area contributed by atoms with Crippen molar-refractivity contribution in [1.29, 1.82) is 0 Å². The van der Waals surface area contributed by atoms with Crippen molar-refractivity contribution in [2.75, 3.05) is 33.2 Å². The lowest BCUT2D eigenvalue weighted by Crippen LogP contribution is -3.11. The summed E-state index contributed by atoms with van der Waals surface area (Å²) in [6, 6.07) is 19.4. The van der Waals surface area contributed by atoms with Crippen molar-refractivity contribution < 1.29 is 4.90 Å². The minimum atomic E-state index is 1.03. The predicted octanol–water partition coefficient (Wildman–Crippen LogP) is 2.16. The molecule has 4 rings (SSSR count). The van der Waals surface area contributed by atoms with Gasteiger partial charge >= 0.3 is 0 Å². The maximum atomic E-state index is 4.78. The summed E-state index contributed by atoms with van der Waals surface area (Å²) in [5, 5.41) is 12.1. The molecule has 0 unspecified atom stereocenters. The average molecular weight is 304 g/mol. The van der Waals surface area contributed by atoms with E-state index in [1.807, 2.05) is 0 Å². The first-order chi connectivity index (χ1) is 11.3. The Labute approximate surface area is 136 Å². The topological polar surface area (TPSA) is 20.0 Å². The molecule has 1 fully saturated rings. The molecule has 1 aliphatic rings. The number of piperazine rings is 1. The zero-order valence-corrected chi connectivity index (χ0v) is 13.5. The average Bonchev–Trinajstić information content (AvgIpc) is 2.60. The lowest BCUT2D eigenvalue weighted by Gasteiger charge is -2.27. The lowest BCUT2D eigenvalue weighted by molar-refractivity contribution is -0.884. The second-order valence-electron chi connectivity index (χ2n) is 6.39. The summed E-state index contributed by atoms with van der Waals surface area (Å²) in [5.41, 5.74) is 1.23.